The van der Waals surface area contributed by atoms with Crippen molar-refractivity contribution in [3.05, 3.63) is 29.8 Å². The number of hydrogen-bond donors (Lipinski definition) is 3. The zero-order chi connectivity index (χ0) is 22.7. The van der Waals surface area contributed by atoms with Crippen molar-refractivity contribution in [1.29, 1.82) is 0 Å². The lowest BCUT2D eigenvalue weighted by atomic mass is 10.0. The number of alkyl halides is 2. The summed E-state index contributed by atoms with van der Waals surface area (Å²) in [6, 6.07) is 5.69. The molecule has 0 radical (unpaired) electrons. The molecular weight excluding hydrogens is 429 g/mol. The number of amides is 2. The van der Waals surface area contributed by atoms with Crippen LogP contribution in [-0.2, 0) is 20.8 Å². The van der Waals surface area contributed by atoms with E-state index >= 15 is 0 Å². The summed E-state index contributed by atoms with van der Waals surface area (Å²) in [5.41, 5.74) is 1.79. The maximum atomic E-state index is 12.7. The van der Waals surface area contributed by atoms with E-state index in [0.717, 1.165) is 11.3 Å². The number of carbonyl (C=O) groups excluding carboxylic acids is 2. The predicted molar refractivity (Wildman–Crippen MR) is 120 cm³/mol. The van der Waals surface area contributed by atoms with Crippen molar-refractivity contribution in [3.8, 4) is 0 Å². The van der Waals surface area contributed by atoms with Crippen LogP contribution in [-0.4, -0.2) is 59.8 Å². The Hall–Kier alpha value is -1.99. The molecule has 168 valence electrons. The second-order valence-electron chi connectivity index (χ2n) is 7.52. The lowest BCUT2D eigenvalue weighted by Gasteiger charge is -2.24. The third-order valence-corrected chi connectivity index (χ3v) is 4.80. The van der Waals surface area contributed by atoms with E-state index in [1.54, 1.807) is 0 Å². The van der Waals surface area contributed by atoms with Gasteiger partial charge in [-0.3, -0.25) is 9.59 Å². The Balaban J connectivity index is 2.92. The van der Waals surface area contributed by atoms with Crippen LogP contribution < -0.4 is 15.5 Å². The van der Waals surface area contributed by atoms with Crippen LogP contribution in [0, 0.1) is 5.92 Å². The lowest BCUT2D eigenvalue weighted by Crippen LogP contribution is -2.52. The Morgan fingerprint density at radius 1 is 1.00 bits per heavy atom. The van der Waals surface area contributed by atoms with Gasteiger partial charge in [-0.25, -0.2) is 4.79 Å². The van der Waals surface area contributed by atoms with Crippen molar-refractivity contribution < 1.29 is 19.5 Å². The molecule has 9 heteroatoms. The minimum absolute atomic E-state index is 0.0991. The summed E-state index contributed by atoms with van der Waals surface area (Å²) >= 11 is 11.7. The van der Waals surface area contributed by atoms with Crippen molar-refractivity contribution in [2.45, 2.75) is 45.7 Å². The number of aliphatic carboxylic acids is 1. The van der Waals surface area contributed by atoms with Gasteiger partial charge in [0.1, 0.15) is 12.1 Å². The molecule has 0 aliphatic carbocycles. The molecule has 1 aromatic rings. The summed E-state index contributed by atoms with van der Waals surface area (Å²) in [5, 5.41) is 14.5. The molecule has 2 atom stereocenters. The van der Waals surface area contributed by atoms with Crippen molar-refractivity contribution in [1.82, 2.24) is 10.6 Å². The Morgan fingerprint density at radius 2 is 1.57 bits per heavy atom. The van der Waals surface area contributed by atoms with Crippen molar-refractivity contribution >= 4 is 46.7 Å². The first-order valence-electron chi connectivity index (χ1n) is 9.94. The molecule has 0 aliphatic heterocycles. The fourth-order valence-corrected chi connectivity index (χ4v) is 3.48. The number of hydrogen-bond acceptors (Lipinski definition) is 4. The van der Waals surface area contributed by atoms with E-state index in [1.165, 1.54) is 6.92 Å². The molecule has 0 spiro atoms. The highest BCUT2D eigenvalue weighted by atomic mass is 35.5. The minimum Gasteiger partial charge on any atom is -0.480 e. The quantitative estimate of drug-likeness (QED) is 0.393. The smallest absolute Gasteiger partial charge is 0.326 e. The summed E-state index contributed by atoms with van der Waals surface area (Å²) < 4.78 is 0. The molecule has 3 N–H and O–H groups in total. The molecule has 0 saturated carbocycles. The zero-order valence-electron chi connectivity index (χ0n) is 17.7. The van der Waals surface area contributed by atoms with Gasteiger partial charge in [0.2, 0.25) is 11.8 Å². The number of halogens is 2. The highest BCUT2D eigenvalue weighted by Gasteiger charge is 2.26. The largest absolute Gasteiger partial charge is 0.480 e. The summed E-state index contributed by atoms with van der Waals surface area (Å²) in [6.45, 7) is 6.41. The van der Waals surface area contributed by atoms with E-state index in [9.17, 15) is 19.5 Å². The van der Waals surface area contributed by atoms with E-state index in [2.05, 4.69) is 15.5 Å². The second-order valence-corrected chi connectivity index (χ2v) is 8.27. The molecule has 0 bridgehead atoms. The minimum atomic E-state index is -1.10. The molecule has 7 nitrogen and oxygen atoms in total. The van der Waals surface area contributed by atoms with Gasteiger partial charge in [-0.1, -0.05) is 26.0 Å². The van der Waals surface area contributed by atoms with Crippen LogP contribution in [0.1, 0.15) is 32.8 Å². The van der Waals surface area contributed by atoms with Gasteiger partial charge in [0, 0.05) is 43.9 Å². The molecule has 1 aromatic carbocycles. The molecule has 30 heavy (non-hydrogen) atoms. The first-order valence-corrected chi connectivity index (χ1v) is 11.0. The van der Waals surface area contributed by atoms with Gasteiger partial charge in [-0.2, -0.15) is 0 Å². The van der Waals surface area contributed by atoms with Crippen LogP contribution in [0.2, 0.25) is 0 Å². The predicted octanol–water partition coefficient (Wildman–Crippen LogP) is 2.63. The van der Waals surface area contributed by atoms with E-state index in [-0.39, 0.29) is 18.2 Å². The molecule has 0 saturated heterocycles. The van der Waals surface area contributed by atoms with Gasteiger partial charge >= 0.3 is 5.97 Å². The maximum absolute atomic E-state index is 12.7. The summed E-state index contributed by atoms with van der Waals surface area (Å²) in [5.74, 6) is -0.926. The van der Waals surface area contributed by atoms with Crippen LogP contribution >= 0.6 is 23.2 Å². The highest BCUT2D eigenvalue weighted by molar-refractivity contribution is 6.18. The Kier molecular flexibility index (Phi) is 11.6. The fourth-order valence-electron chi connectivity index (χ4n) is 3.07. The van der Waals surface area contributed by atoms with Crippen LogP contribution in [0.15, 0.2) is 24.3 Å². The molecule has 0 heterocycles. The number of rotatable bonds is 13. The number of carboxylic acids is 1. The lowest BCUT2D eigenvalue weighted by molar-refractivity contribution is -0.142. The first-order chi connectivity index (χ1) is 14.2. The van der Waals surface area contributed by atoms with E-state index in [4.69, 9.17) is 23.2 Å². The van der Waals surface area contributed by atoms with E-state index in [1.807, 2.05) is 38.1 Å². The maximum Gasteiger partial charge on any atom is 0.326 e. The molecule has 0 unspecified atom stereocenters. The molecule has 1 rings (SSSR count). The van der Waals surface area contributed by atoms with Crippen molar-refractivity contribution in [2.75, 3.05) is 29.7 Å². The average molecular weight is 460 g/mol. The standard InChI is InChI=1S/C21H31Cl2N3O4/c1-14(2)12-19(21(29)30)25-20(28)18(24-15(3)27)13-16-4-6-17(7-5-16)26(10-8-22)11-9-23/h4-7,14,18-19H,8-13H2,1-3H3,(H,24,27)(H,25,28)(H,29,30)/t18-,19+/m0/s1. The first kappa shape index (κ1) is 26.0. The fraction of sp³-hybridized carbons (Fsp3) is 0.571. The topological polar surface area (TPSA) is 98.7 Å². The van der Waals surface area contributed by atoms with Crippen molar-refractivity contribution in [3.63, 3.8) is 0 Å². The monoisotopic (exact) mass is 459 g/mol. The Labute approximate surface area is 188 Å². The third-order valence-electron chi connectivity index (χ3n) is 4.47. The van der Waals surface area contributed by atoms with Crippen LogP contribution in [0.5, 0.6) is 0 Å². The Bertz CT molecular complexity index is 692. The Morgan fingerprint density at radius 3 is 2.00 bits per heavy atom. The number of nitrogens with one attached hydrogen (secondary N) is 2. The normalized spacial score (nSPS) is 12.9. The van der Waals surface area contributed by atoms with Gasteiger partial charge in [0.25, 0.3) is 0 Å². The van der Waals surface area contributed by atoms with Gasteiger partial charge < -0.3 is 20.6 Å². The SMILES string of the molecule is CC(=O)N[C@@H](Cc1ccc(N(CCCl)CCCl)cc1)C(=O)N[C@H](CC(C)C)C(=O)O. The summed E-state index contributed by atoms with van der Waals surface area (Å²) in [4.78, 5) is 37.8. The molecular formula is C21H31Cl2N3O4. The van der Waals surface area contributed by atoms with E-state index in [0.29, 0.717) is 31.3 Å². The number of anilines is 1. The summed E-state index contributed by atoms with van der Waals surface area (Å²) in [7, 11) is 0. The van der Waals surface area contributed by atoms with Gasteiger partial charge in [0.15, 0.2) is 0 Å². The summed E-state index contributed by atoms with van der Waals surface area (Å²) in [6.07, 6.45) is 0.546. The van der Waals surface area contributed by atoms with Crippen LogP contribution in [0.4, 0.5) is 5.69 Å². The molecule has 0 fully saturated rings. The second kappa shape index (κ2) is 13.3. The van der Waals surface area contributed by atoms with Crippen molar-refractivity contribution in [2.24, 2.45) is 5.92 Å². The zero-order valence-corrected chi connectivity index (χ0v) is 19.2. The molecule has 0 aliphatic rings. The van der Waals surface area contributed by atoms with Crippen LogP contribution in [0.3, 0.4) is 0 Å². The molecule has 0 aromatic heterocycles. The number of carboxylic acid groups (broad SMARTS) is 1. The van der Waals surface area contributed by atoms with E-state index < -0.39 is 24.0 Å². The number of carbonyl (C=O) groups is 3. The van der Waals surface area contributed by atoms with Gasteiger partial charge in [-0.15, -0.1) is 23.2 Å². The van der Waals surface area contributed by atoms with Crippen LogP contribution in [0.25, 0.3) is 0 Å². The highest BCUT2D eigenvalue weighted by Crippen LogP contribution is 2.17. The number of benzene rings is 1. The molecule has 2 amide bonds. The van der Waals surface area contributed by atoms with Gasteiger partial charge in [0.05, 0.1) is 0 Å². The average Bonchev–Trinajstić information content (AvgIpc) is 2.66. The van der Waals surface area contributed by atoms with Gasteiger partial charge in [-0.05, 0) is 30.0 Å². The number of nitrogens with zero attached hydrogens (tertiary/aromatic N) is 1. The third kappa shape index (κ3) is 9.22.